The van der Waals surface area contributed by atoms with Crippen molar-refractivity contribution in [1.82, 2.24) is 5.32 Å². The molecule has 1 aliphatic carbocycles. The lowest BCUT2D eigenvalue weighted by Crippen LogP contribution is -2.34. The average Bonchev–Trinajstić information content (AvgIpc) is 2.38. The second-order valence-corrected chi connectivity index (χ2v) is 4.23. The Kier molecular flexibility index (Phi) is 8.77. The molecule has 1 rings (SSSR count). The zero-order chi connectivity index (χ0) is 14.8. The van der Waals surface area contributed by atoms with Gasteiger partial charge >= 0.3 is 5.97 Å². The minimum atomic E-state index is -0.954. The van der Waals surface area contributed by atoms with Crippen LogP contribution in [0.1, 0.15) is 26.2 Å². The van der Waals surface area contributed by atoms with Gasteiger partial charge in [-0.3, -0.25) is 4.79 Å². The normalized spacial score (nSPS) is 18.2. The molecule has 0 radical (unpaired) electrons. The van der Waals surface area contributed by atoms with E-state index in [9.17, 15) is 9.59 Å². The number of carbonyl (C=O) groups is 2. The molecule has 0 aliphatic heterocycles. The monoisotopic (exact) mass is 275 g/mol. The molecular formula is C12H21NO6. The second-order valence-electron chi connectivity index (χ2n) is 4.23. The SMILES string of the molecule is CC(=O)NC1CC=C(C(=O)O)CC1.OCC(O)CO. The van der Waals surface area contributed by atoms with Crippen LogP contribution in [0.3, 0.4) is 0 Å². The highest BCUT2D eigenvalue weighted by Crippen LogP contribution is 2.17. The standard InChI is InChI=1S/C9H13NO3.C3H8O3/c1-6(11)10-8-4-2-7(3-5-8)9(12)13;4-1-3(6)2-5/h2,8H,3-5H2,1H3,(H,10,11)(H,12,13);3-6H,1-2H2. The van der Waals surface area contributed by atoms with E-state index in [1.54, 1.807) is 6.08 Å². The van der Waals surface area contributed by atoms with Crippen molar-refractivity contribution < 1.29 is 30.0 Å². The third kappa shape index (κ3) is 8.30. The maximum absolute atomic E-state index is 10.7. The second kappa shape index (κ2) is 9.48. The molecule has 0 bridgehead atoms. The maximum atomic E-state index is 10.7. The Labute approximate surface area is 111 Å². The first-order chi connectivity index (χ1) is 8.90. The summed E-state index contributed by atoms with van der Waals surface area (Å²) in [7, 11) is 0. The molecule has 0 fully saturated rings. The lowest BCUT2D eigenvalue weighted by Gasteiger charge is -2.20. The Morgan fingerprint density at radius 3 is 2.26 bits per heavy atom. The van der Waals surface area contributed by atoms with Crippen molar-refractivity contribution in [2.75, 3.05) is 13.2 Å². The van der Waals surface area contributed by atoms with Crippen LogP contribution < -0.4 is 5.32 Å². The predicted molar refractivity (Wildman–Crippen MR) is 67.4 cm³/mol. The number of carboxylic acids is 1. The van der Waals surface area contributed by atoms with Gasteiger partial charge in [0.05, 0.1) is 13.2 Å². The van der Waals surface area contributed by atoms with E-state index in [1.807, 2.05) is 0 Å². The summed E-state index contributed by atoms with van der Waals surface area (Å²) in [5, 5.41) is 35.4. The van der Waals surface area contributed by atoms with Gasteiger partial charge in [-0.05, 0) is 19.3 Å². The number of hydrogen-bond acceptors (Lipinski definition) is 5. The number of aliphatic carboxylic acids is 1. The molecule has 0 aromatic heterocycles. The van der Waals surface area contributed by atoms with Crippen LogP contribution >= 0.6 is 0 Å². The molecule has 1 unspecified atom stereocenters. The van der Waals surface area contributed by atoms with Gasteiger partial charge in [0.1, 0.15) is 6.10 Å². The molecule has 7 heteroatoms. The highest BCUT2D eigenvalue weighted by molar-refractivity contribution is 5.86. The molecule has 0 heterocycles. The number of aliphatic hydroxyl groups excluding tert-OH is 3. The van der Waals surface area contributed by atoms with Gasteiger partial charge in [-0.25, -0.2) is 4.79 Å². The largest absolute Gasteiger partial charge is 0.478 e. The Bertz CT molecular complexity index is 324. The van der Waals surface area contributed by atoms with E-state index >= 15 is 0 Å². The maximum Gasteiger partial charge on any atom is 0.331 e. The van der Waals surface area contributed by atoms with Gasteiger partial charge in [0.25, 0.3) is 0 Å². The predicted octanol–water partition coefficient (Wildman–Crippen LogP) is -0.982. The van der Waals surface area contributed by atoms with Gasteiger partial charge in [-0.15, -0.1) is 0 Å². The van der Waals surface area contributed by atoms with Crippen LogP contribution in [0.2, 0.25) is 0 Å². The molecule has 1 amide bonds. The molecule has 1 aliphatic rings. The quantitative estimate of drug-likeness (QED) is 0.448. The Balaban J connectivity index is 0.000000459. The number of carboxylic acid groups (broad SMARTS) is 1. The zero-order valence-corrected chi connectivity index (χ0v) is 10.9. The molecule has 0 aromatic rings. The van der Waals surface area contributed by atoms with Crippen LogP contribution in [0, 0.1) is 0 Å². The summed E-state index contributed by atoms with van der Waals surface area (Å²) in [4.78, 5) is 21.2. The first-order valence-electron chi connectivity index (χ1n) is 5.99. The van der Waals surface area contributed by atoms with E-state index in [0.29, 0.717) is 18.4 Å². The Hall–Kier alpha value is -1.44. The molecule has 0 spiro atoms. The lowest BCUT2D eigenvalue weighted by molar-refractivity contribution is -0.132. The van der Waals surface area contributed by atoms with E-state index in [4.69, 9.17) is 20.4 Å². The fourth-order valence-electron chi connectivity index (χ4n) is 1.50. The van der Waals surface area contributed by atoms with Gasteiger partial charge in [-0.1, -0.05) is 6.08 Å². The van der Waals surface area contributed by atoms with Crippen LogP contribution in [-0.2, 0) is 9.59 Å². The number of nitrogens with one attached hydrogen (secondary N) is 1. The van der Waals surface area contributed by atoms with Crippen molar-refractivity contribution in [2.24, 2.45) is 0 Å². The summed E-state index contributed by atoms with van der Waals surface area (Å²) in [5.41, 5.74) is 0.460. The molecule has 19 heavy (non-hydrogen) atoms. The third-order valence-corrected chi connectivity index (χ3v) is 2.51. The van der Waals surface area contributed by atoms with E-state index in [-0.39, 0.29) is 25.2 Å². The topological polar surface area (TPSA) is 127 Å². The number of amides is 1. The zero-order valence-electron chi connectivity index (χ0n) is 10.9. The first kappa shape index (κ1) is 17.6. The van der Waals surface area contributed by atoms with Gasteiger partial charge in [0.15, 0.2) is 0 Å². The molecule has 0 saturated heterocycles. The molecule has 110 valence electrons. The van der Waals surface area contributed by atoms with Crippen LogP contribution in [-0.4, -0.2) is 57.7 Å². The van der Waals surface area contributed by atoms with Crippen LogP contribution in [0.15, 0.2) is 11.6 Å². The fourth-order valence-corrected chi connectivity index (χ4v) is 1.50. The molecular weight excluding hydrogens is 254 g/mol. The fraction of sp³-hybridized carbons (Fsp3) is 0.667. The van der Waals surface area contributed by atoms with Gasteiger partial charge in [-0.2, -0.15) is 0 Å². The highest BCUT2D eigenvalue weighted by atomic mass is 16.4. The minimum absolute atomic E-state index is 0.0582. The minimum Gasteiger partial charge on any atom is -0.478 e. The van der Waals surface area contributed by atoms with Gasteiger partial charge in [0, 0.05) is 18.5 Å². The van der Waals surface area contributed by atoms with Crippen LogP contribution in [0.4, 0.5) is 0 Å². The van der Waals surface area contributed by atoms with Gasteiger partial charge in [0.2, 0.25) is 5.91 Å². The van der Waals surface area contributed by atoms with E-state index < -0.39 is 12.1 Å². The smallest absolute Gasteiger partial charge is 0.331 e. The van der Waals surface area contributed by atoms with Crippen LogP contribution in [0.25, 0.3) is 0 Å². The molecule has 7 nitrogen and oxygen atoms in total. The number of aliphatic hydroxyl groups is 3. The summed E-state index contributed by atoms with van der Waals surface area (Å²) in [6.45, 7) is 0.740. The molecule has 0 aromatic carbocycles. The van der Waals surface area contributed by atoms with Crippen molar-refractivity contribution in [3.8, 4) is 0 Å². The number of hydrogen-bond donors (Lipinski definition) is 5. The third-order valence-electron chi connectivity index (χ3n) is 2.51. The summed E-state index contributed by atoms with van der Waals surface area (Å²) >= 11 is 0. The molecule has 0 saturated carbocycles. The average molecular weight is 275 g/mol. The summed E-state index contributed by atoms with van der Waals surface area (Å²) < 4.78 is 0. The number of rotatable bonds is 4. The van der Waals surface area contributed by atoms with Gasteiger partial charge < -0.3 is 25.7 Å². The van der Waals surface area contributed by atoms with Crippen molar-refractivity contribution >= 4 is 11.9 Å². The van der Waals surface area contributed by atoms with E-state index in [1.165, 1.54) is 6.92 Å². The van der Waals surface area contributed by atoms with E-state index in [0.717, 1.165) is 6.42 Å². The van der Waals surface area contributed by atoms with E-state index in [2.05, 4.69) is 5.32 Å². The van der Waals surface area contributed by atoms with Crippen molar-refractivity contribution in [2.45, 2.75) is 38.3 Å². The Morgan fingerprint density at radius 1 is 1.42 bits per heavy atom. The molecule has 1 atom stereocenters. The molecule has 5 N–H and O–H groups in total. The first-order valence-corrected chi connectivity index (χ1v) is 5.99. The van der Waals surface area contributed by atoms with Crippen LogP contribution in [0.5, 0.6) is 0 Å². The highest BCUT2D eigenvalue weighted by Gasteiger charge is 2.18. The number of carbonyl (C=O) groups excluding carboxylic acids is 1. The van der Waals surface area contributed by atoms with Crippen molar-refractivity contribution in [3.63, 3.8) is 0 Å². The van der Waals surface area contributed by atoms with Crippen molar-refractivity contribution in [1.29, 1.82) is 0 Å². The van der Waals surface area contributed by atoms with Crippen molar-refractivity contribution in [3.05, 3.63) is 11.6 Å². The summed E-state index contributed by atoms with van der Waals surface area (Å²) in [6, 6.07) is 0.112. The summed E-state index contributed by atoms with van der Waals surface area (Å²) in [5.74, 6) is -0.904. The lowest BCUT2D eigenvalue weighted by atomic mass is 9.95. The Morgan fingerprint density at radius 2 is 2.00 bits per heavy atom. The summed E-state index contributed by atoms with van der Waals surface area (Å²) in [6.07, 6.45) is 2.62.